The van der Waals surface area contributed by atoms with Crippen molar-refractivity contribution in [3.8, 4) is 11.1 Å². The smallest absolute Gasteiger partial charge is 0.341 e. The van der Waals surface area contributed by atoms with Crippen molar-refractivity contribution in [1.29, 1.82) is 0 Å². The normalized spacial score (nSPS) is 13.2. The number of carbonyl (C=O) groups excluding carboxylic acids is 2. The van der Waals surface area contributed by atoms with Gasteiger partial charge in [0.1, 0.15) is 10.6 Å². The van der Waals surface area contributed by atoms with E-state index in [-0.39, 0.29) is 18.2 Å². The molecule has 0 spiro atoms. The van der Waals surface area contributed by atoms with Crippen LogP contribution in [0.15, 0.2) is 23.6 Å². The topological polar surface area (TPSA) is 55.4 Å². The summed E-state index contributed by atoms with van der Waals surface area (Å²) < 4.78 is 4.94. The van der Waals surface area contributed by atoms with E-state index in [1.54, 1.807) is 0 Å². The summed E-state index contributed by atoms with van der Waals surface area (Å²) in [6.45, 7) is 0. The van der Waals surface area contributed by atoms with Crippen LogP contribution in [0.1, 0.15) is 40.7 Å². The number of ether oxygens (including phenoxy) is 1. The molecule has 1 aliphatic rings. The number of benzene rings is 1. The van der Waals surface area contributed by atoms with Crippen LogP contribution in [0.2, 0.25) is 0 Å². The molecule has 4 nitrogen and oxygen atoms in total. The third kappa shape index (κ3) is 3.88. The van der Waals surface area contributed by atoms with E-state index in [2.05, 4.69) is 17.4 Å². The molecule has 1 aromatic heterocycles. The van der Waals surface area contributed by atoms with Crippen molar-refractivity contribution in [2.45, 2.75) is 32.1 Å². The van der Waals surface area contributed by atoms with Crippen LogP contribution in [0.25, 0.3) is 11.1 Å². The van der Waals surface area contributed by atoms with Crippen molar-refractivity contribution >= 4 is 39.8 Å². The zero-order valence-electron chi connectivity index (χ0n) is 14.1. The molecule has 0 atom stereocenters. The van der Waals surface area contributed by atoms with Gasteiger partial charge in [0.15, 0.2) is 0 Å². The number of aryl methyl sites for hydroxylation is 2. The quantitative estimate of drug-likeness (QED) is 0.609. The van der Waals surface area contributed by atoms with E-state index in [0.29, 0.717) is 10.6 Å². The molecule has 132 valence electrons. The highest BCUT2D eigenvalue weighted by atomic mass is 35.5. The van der Waals surface area contributed by atoms with Crippen LogP contribution in [-0.4, -0.2) is 24.9 Å². The fraction of sp³-hybridized carbons (Fsp3) is 0.368. The number of methoxy groups -OCH3 is 1. The second-order valence-electron chi connectivity index (χ2n) is 6.02. The number of alkyl halides is 1. The Morgan fingerprint density at radius 1 is 1.24 bits per heavy atom. The van der Waals surface area contributed by atoms with E-state index >= 15 is 0 Å². The molecule has 6 heteroatoms. The monoisotopic (exact) mass is 377 g/mol. The molecule has 0 bridgehead atoms. The maximum absolute atomic E-state index is 12.3. The van der Waals surface area contributed by atoms with Gasteiger partial charge in [0.05, 0.1) is 7.11 Å². The summed E-state index contributed by atoms with van der Waals surface area (Å²) in [6.07, 6.45) is 4.82. The number of anilines is 1. The van der Waals surface area contributed by atoms with E-state index in [9.17, 15) is 9.59 Å². The van der Waals surface area contributed by atoms with Crippen molar-refractivity contribution < 1.29 is 14.3 Å². The van der Waals surface area contributed by atoms with E-state index < -0.39 is 5.97 Å². The lowest BCUT2D eigenvalue weighted by atomic mass is 9.89. The predicted molar refractivity (Wildman–Crippen MR) is 102 cm³/mol. The second-order valence-corrected chi connectivity index (χ2v) is 7.28. The summed E-state index contributed by atoms with van der Waals surface area (Å²) in [6, 6.07) is 6.35. The average molecular weight is 378 g/mol. The van der Waals surface area contributed by atoms with Crippen LogP contribution in [0.3, 0.4) is 0 Å². The van der Waals surface area contributed by atoms with Gasteiger partial charge >= 0.3 is 5.97 Å². The van der Waals surface area contributed by atoms with E-state index in [4.69, 9.17) is 16.3 Å². The highest BCUT2D eigenvalue weighted by molar-refractivity contribution is 7.15. The van der Waals surface area contributed by atoms with Gasteiger partial charge in [-0.05, 0) is 42.4 Å². The highest BCUT2D eigenvalue weighted by Gasteiger charge is 2.23. The number of hydrogen-bond donors (Lipinski definition) is 1. The Morgan fingerprint density at radius 3 is 2.72 bits per heavy atom. The first-order valence-electron chi connectivity index (χ1n) is 8.32. The van der Waals surface area contributed by atoms with Gasteiger partial charge in [-0.15, -0.1) is 22.9 Å². The molecular weight excluding hydrogens is 358 g/mol. The number of hydrogen-bond acceptors (Lipinski definition) is 4. The average Bonchev–Trinajstić information content (AvgIpc) is 3.04. The number of halogens is 1. The number of fused-ring (bicyclic) bond motifs is 1. The number of nitrogens with one attached hydrogen (secondary N) is 1. The van der Waals surface area contributed by atoms with Crippen LogP contribution >= 0.6 is 22.9 Å². The van der Waals surface area contributed by atoms with Crippen LogP contribution in [0, 0.1) is 0 Å². The first-order chi connectivity index (χ1) is 12.1. The molecule has 1 aliphatic carbocycles. The maximum atomic E-state index is 12.3. The predicted octanol–water partition coefficient (Wildman–Crippen LogP) is 4.65. The summed E-state index contributed by atoms with van der Waals surface area (Å²) in [5, 5.41) is 5.18. The first kappa shape index (κ1) is 18.0. The minimum Gasteiger partial charge on any atom is -0.465 e. The van der Waals surface area contributed by atoms with Crippen molar-refractivity contribution in [1.82, 2.24) is 0 Å². The van der Waals surface area contributed by atoms with E-state index in [0.717, 1.165) is 24.0 Å². The van der Waals surface area contributed by atoms with Gasteiger partial charge in [-0.3, -0.25) is 4.79 Å². The fourth-order valence-corrected chi connectivity index (χ4v) is 4.29. The van der Waals surface area contributed by atoms with Gasteiger partial charge in [0.25, 0.3) is 0 Å². The van der Waals surface area contributed by atoms with E-state index in [1.165, 1.54) is 42.4 Å². The van der Waals surface area contributed by atoms with E-state index in [1.807, 2.05) is 11.4 Å². The summed E-state index contributed by atoms with van der Waals surface area (Å²) in [5.41, 5.74) is 4.92. The van der Waals surface area contributed by atoms with Gasteiger partial charge in [-0.25, -0.2) is 4.79 Å². The van der Waals surface area contributed by atoms with Gasteiger partial charge in [0, 0.05) is 23.2 Å². The molecule has 0 fully saturated rings. The lowest BCUT2D eigenvalue weighted by Gasteiger charge is -2.16. The Balaban J connectivity index is 1.99. The Labute approximate surface area is 156 Å². The molecule has 0 saturated carbocycles. The lowest BCUT2D eigenvalue weighted by molar-refractivity contribution is -0.115. The Hall–Kier alpha value is -1.85. The van der Waals surface area contributed by atoms with Crippen molar-refractivity contribution in [2.75, 3.05) is 18.3 Å². The largest absolute Gasteiger partial charge is 0.465 e. The minimum absolute atomic E-state index is 0.203. The van der Waals surface area contributed by atoms with Gasteiger partial charge in [0.2, 0.25) is 5.91 Å². The first-order valence-corrected chi connectivity index (χ1v) is 9.73. The minimum atomic E-state index is -0.449. The summed E-state index contributed by atoms with van der Waals surface area (Å²) in [5.74, 6) is -0.420. The molecule has 0 aliphatic heterocycles. The highest BCUT2D eigenvalue weighted by Crippen LogP contribution is 2.37. The van der Waals surface area contributed by atoms with Gasteiger partial charge < -0.3 is 10.1 Å². The zero-order valence-corrected chi connectivity index (χ0v) is 15.6. The Kier molecular flexibility index (Phi) is 5.76. The third-order valence-corrected chi connectivity index (χ3v) is 5.50. The van der Waals surface area contributed by atoms with Crippen LogP contribution in [0.5, 0.6) is 0 Å². The number of amides is 1. The summed E-state index contributed by atoms with van der Waals surface area (Å²) in [4.78, 5) is 24.2. The van der Waals surface area contributed by atoms with Crippen molar-refractivity contribution in [3.63, 3.8) is 0 Å². The number of carbonyl (C=O) groups is 2. The van der Waals surface area contributed by atoms with Crippen LogP contribution in [0.4, 0.5) is 5.00 Å². The summed E-state index contributed by atoms with van der Waals surface area (Å²) >= 11 is 6.94. The standard InChI is InChI=1S/C19H20ClNO3S/c1-24-19(23)17-15(11-25-18(17)21-16(22)8-9-20)14-7-6-12-4-2-3-5-13(12)10-14/h6-7,10-11H,2-5,8-9H2,1H3,(H,21,22). The van der Waals surface area contributed by atoms with Crippen molar-refractivity contribution in [3.05, 3.63) is 40.3 Å². The Morgan fingerprint density at radius 2 is 2.00 bits per heavy atom. The molecule has 2 aromatic rings. The molecule has 0 unspecified atom stereocenters. The molecule has 1 heterocycles. The van der Waals surface area contributed by atoms with Gasteiger partial charge in [-0.2, -0.15) is 0 Å². The van der Waals surface area contributed by atoms with Crippen molar-refractivity contribution in [2.24, 2.45) is 0 Å². The molecule has 1 N–H and O–H groups in total. The maximum Gasteiger partial charge on any atom is 0.341 e. The molecule has 3 rings (SSSR count). The SMILES string of the molecule is COC(=O)c1c(-c2ccc3c(c2)CCCC3)csc1NC(=O)CCCl. The Bertz CT molecular complexity index is 800. The zero-order chi connectivity index (χ0) is 17.8. The van der Waals surface area contributed by atoms with Gasteiger partial charge in [-0.1, -0.05) is 18.2 Å². The summed E-state index contributed by atoms with van der Waals surface area (Å²) in [7, 11) is 1.35. The molecule has 25 heavy (non-hydrogen) atoms. The fourth-order valence-electron chi connectivity index (χ4n) is 3.14. The molecular formula is C19H20ClNO3S. The van der Waals surface area contributed by atoms with Crippen LogP contribution < -0.4 is 5.32 Å². The number of thiophene rings is 1. The third-order valence-electron chi connectivity index (χ3n) is 4.41. The number of esters is 1. The molecule has 0 saturated heterocycles. The molecule has 1 amide bonds. The van der Waals surface area contributed by atoms with Crippen LogP contribution in [-0.2, 0) is 22.4 Å². The lowest BCUT2D eigenvalue weighted by Crippen LogP contribution is -2.14. The molecule has 1 aromatic carbocycles. The molecule has 0 radical (unpaired) electrons. The number of rotatable bonds is 5. The second kappa shape index (κ2) is 8.02.